The highest BCUT2D eigenvalue weighted by molar-refractivity contribution is 7.99. The second kappa shape index (κ2) is 12.1. The molecule has 1 aromatic heterocycles. The van der Waals surface area contributed by atoms with Gasteiger partial charge in [0.15, 0.2) is 11.5 Å². The number of aromatic nitrogens is 4. The van der Waals surface area contributed by atoms with Gasteiger partial charge in [0.2, 0.25) is 5.16 Å². The van der Waals surface area contributed by atoms with Crippen LogP contribution in [0.4, 0.5) is 0 Å². The van der Waals surface area contributed by atoms with Crippen molar-refractivity contribution in [2.24, 2.45) is 7.05 Å². The first-order chi connectivity index (χ1) is 15.1. The number of rotatable bonds is 12. The van der Waals surface area contributed by atoms with Gasteiger partial charge in [-0.1, -0.05) is 47.1 Å². The number of nitrogens with zero attached hydrogens (tertiary/aromatic N) is 4. The molecule has 0 amide bonds. The van der Waals surface area contributed by atoms with Gasteiger partial charge >= 0.3 is 0 Å². The molecule has 0 atom stereocenters. The highest BCUT2D eigenvalue weighted by Gasteiger charge is 2.11. The van der Waals surface area contributed by atoms with E-state index in [2.05, 4.69) is 20.8 Å². The molecule has 0 aliphatic rings. The Bertz CT molecular complexity index is 966. The lowest BCUT2D eigenvalue weighted by molar-refractivity contribution is 0.269. The average molecular weight is 482 g/mol. The molecule has 1 N–H and O–H groups in total. The normalized spacial score (nSPS) is 11.0. The minimum Gasteiger partial charge on any atom is -0.490 e. The number of nitrogens with one attached hydrogen (secondary N) is 1. The number of tetrazole rings is 1. The molecule has 0 radical (unpaired) electrons. The van der Waals surface area contributed by atoms with Crippen LogP contribution < -0.4 is 14.8 Å². The number of benzene rings is 2. The average Bonchev–Trinajstić information content (AvgIpc) is 3.16. The van der Waals surface area contributed by atoms with E-state index >= 15 is 0 Å². The summed E-state index contributed by atoms with van der Waals surface area (Å²) in [6.45, 7) is 4.41. The summed E-state index contributed by atoms with van der Waals surface area (Å²) < 4.78 is 13.4. The number of ether oxygens (including phenoxy) is 2. The van der Waals surface area contributed by atoms with Gasteiger partial charge in [0, 0.05) is 35.0 Å². The number of hydrogen-bond acceptors (Lipinski definition) is 7. The Morgan fingerprint density at radius 1 is 1.10 bits per heavy atom. The van der Waals surface area contributed by atoms with Crippen molar-refractivity contribution in [1.82, 2.24) is 25.5 Å². The highest BCUT2D eigenvalue weighted by Crippen LogP contribution is 2.31. The Hall–Kier alpha value is -2.00. The number of halogens is 2. The zero-order valence-corrected chi connectivity index (χ0v) is 19.8. The molecule has 10 heteroatoms. The standard InChI is InChI=1S/C21H25Cl2N5O2S/c1-3-29-20-12-15(13-24-10-5-11-31-21-25-26-27-28(21)2)8-9-19(20)30-14-16-17(22)6-4-7-18(16)23/h4,6-9,12,24H,3,5,10-11,13-14H2,1-2H3. The zero-order chi connectivity index (χ0) is 22.1. The van der Waals surface area contributed by atoms with Crippen molar-refractivity contribution in [3.63, 3.8) is 0 Å². The van der Waals surface area contributed by atoms with Gasteiger partial charge in [0.1, 0.15) is 6.61 Å². The predicted molar refractivity (Wildman–Crippen MR) is 124 cm³/mol. The summed E-state index contributed by atoms with van der Waals surface area (Å²) in [5.41, 5.74) is 1.88. The van der Waals surface area contributed by atoms with E-state index < -0.39 is 0 Å². The maximum Gasteiger partial charge on any atom is 0.209 e. The molecular formula is C21H25Cl2N5O2S. The molecular weight excluding hydrogens is 457 g/mol. The third kappa shape index (κ3) is 7.00. The number of thioether (sulfide) groups is 1. The van der Waals surface area contributed by atoms with Crippen LogP contribution in [0.5, 0.6) is 11.5 Å². The summed E-state index contributed by atoms with van der Waals surface area (Å²) in [4.78, 5) is 0. The highest BCUT2D eigenvalue weighted by atomic mass is 35.5. The monoisotopic (exact) mass is 481 g/mol. The maximum atomic E-state index is 6.24. The second-order valence-electron chi connectivity index (χ2n) is 6.67. The summed E-state index contributed by atoms with van der Waals surface area (Å²) in [5, 5.41) is 16.9. The van der Waals surface area contributed by atoms with Crippen LogP contribution in [-0.4, -0.2) is 39.1 Å². The minimum atomic E-state index is 0.273. The van der Waals surface area contributed by atoms with Gasteiger partial charge in [0.05, 0.1) is 6.61 Å². The summed E-state index contributed by atoms with van der Waals surface area (Å²) >= 11 is 14.1. The summed E-state index contributed by atoms with van der Waals surface area (Å²) in [6, 6.07) is 11.4. The second-order valence-corrected chi connectivity index (χ2v) is 8.54. The fraction of sp³-hybridized carbons (Fsp3) is 0.381. The molecule has 0 unspecified atom stereocenters. The van der Waals surface area contributed by atoms with E-state index in [4.69, 9.17) is 32.7 Å². The Balaban J connectivity index is 1.49. The lowest BCUT2D eigenvalue weighted by Crippen LogP contribution is -2.15. The molecule has 166 valence electrons. The van der Waals surface area contributed by atoms with Crippen LogP contribution in [0.2, 0.25) is 10.0 Å². The van der Waals surface area contributed by atoms with E-state index in [1.807, 2.05) is 38.2 Å². The lowest BCUT2D eigenvalue weighted by atomic mass is 10.2. The SMILES string of the molecule is CCOc1cc(CNCCCSc2nnnn2C)ccc1OCc1c(Cl)cccc1Cl. The van der Waals surface area contributed by atoms with Crippen molar-refractivity contribution >= 4 is 35.0 Å². The largest absolute Gasteiger partial charge is 0.490 e. The Labute approximate surface area is 196 Å². The van der Waals surface area contributed by atoms with Gasteiger partial charge in [-0.2, -0.15) is 0 Å². The molecule has 0 aliphatic heterocycles. The van der Waals surface area contributed by atoms with Gasteiger partial charge < -0.3 is 14.8 Å². The summed E-state index contributed by atoms with van der Waals surface area (Å²) in [7, 11) is 1.84. The van der Waals surface area contributed by atoms with E-state index in [-0.39, 0.29) is 6.61 Å². The molecule has 1 heterocycles. The van der Waals surface area contributed by atoms with Crippen LogP contribution in [0.15, 0.2) is 41.6 Å². The van der Waals surface area contributed by atoms with Crippen molar-refractivity contribution in [2.75, 3.05) is 18.9 Å². The van der Waals surface area contributed by atoms with Crippen LogP contribution in [0.3, 0.4) is 0 Å². The van der Waals surface area contributed by atoms with Crippen LogP contribution in [0.1, 0.15) is 24.5 Å². The smallest absolute Gasteiger partial charge is 0.209 e. The Morgan fingerprint density at radius 3 is 2.61 bits per heavy atom. The van der Waals surface area contributed by atoms with Crippen molar-refractivity contribution in [3.8, 4) is 11.5 Å². The third-order valence-electron chi connectivity index (χ3n) is 4.38. The molecule has 0 spiro atoms. The molecule has 0 aliphatic carbocycles. The summed E-state index contributed by atoms with van der Waals surface area (Å²) in [6.07, 6.45) is 1.01. The van der Waals surface area contributed by atoms with E-state index in [9.17, 15) is 0 Å². The van der Waals surface area contributed by atoms with Crippen LogP contribution >= 0.6 is 35.0 Å². The molecule has 3 aromatic rings. The van der Waals surface area contributed by atoms with Crippen molar-refractivity contribution in [2.45, 2.75) is 31.7 Å². The zero-order valence-electron chi connectivity index (χ0n) is 17.5. The first-order valence-corrected chi connectivity index (χ1v) is 11.7. The molecule has 0 saturated carbocycles. The molecule has 0 saturated heterocycles. The van der Waals surface area contributed by atoms with E-state index in [1.165, 1.54) is 0 Å². The van der Waals surface area contributed by atoms with Crippen molar-refractivity contribution < 1.29 is 9.47 Å². The first kappa shape index (κ1) is 23.7. The number of hydrogen-bond donors (Lipinski definition) is 1. The predicted octanol–water partition coefficient (Wildman–Crippen LogP) is 4.77. The Morgan fingerprint density at radius 2 is 1.90 bits per heavy atom. The topological polar surface area (TPSA) is 74.1 Å². The fourth-order valence-corrected chi connectivity index (χ4v) is 4.10. The van der Waals surface area contributed by atoms with Crippen LogP contribution in [-0.2, 0) is 20.2 Å². The maximum absolute atomic E-state index is 6.24. The quantitative estimate of drug-likeness (QED) is 0.295. The van der Waals surface area contributed by atoms with Crippen LogP contribution in [0, 0.1) is 0 Å². The lowest BCUT2D eigenvalue weighted by Gasteiger charge is -2.15. The van der Waals surface area contributed by atoms with Gasteiger partial charge in [-0.25, -0.2) is 4.68 Å². The summed E-state index contributed by atoms with van der Waals surface area (Å²) in [5.74, 6) is 2.31. The van der Waals surface area contributed by atoms with Crippen molar-refractivity contribution in [1.29, 1.82) is 0 Å². The molecule has 2 aromatic carbocycles. The molecule has 7 nitrogen and oxygen atoms in total. The van der Waals surface area contributed by atoms with Crippen LogP contribution in [0.25, 0.3) is 0 Å². The Kier molecular flexibility index (Phi) is 9.27. The van der Waals surface area contributed by atoms with Crippen molar-refractivity contribution in [3.05, 3.63) is 57.6 Å². The molecule has 0 fully saturated rings. The number of aryl methyl sites for hydroxylation is 1. The minimum absolute atomic E-state index is 0.273. The van der Waals surface area contributed by atoms with E-state index in [1.54, 1.807) is 28.6 Å². The fourth-order valence-electron chi connectivity index (χ4n) is 2.81. The van der Waals surface area contributed by atoms with E-state index in [0.717, 1.165) is 41.5 Å². The molecule has 31 heavy (non-hydrogen) atoms. The molecule has 0 bridgehead atoms. The van der Waals surface area contributed by atoms with Gasteiger partial charge in [0.25, 0.3) is 0 Å². The third-order valence-corrected chi connectivity index (χ3v) is 6.19. The van der Waals surface area contributed by atoms with Gasteiger partial charge in [-0.05, 0) is 60.1 Å². The first-order valence-electron chi connectivity index (χ1n) is 9.95. The molecule has 3 rings (SSSR count). The van der Waals surface area contributed by atoms with E-state index in [0.29, 0.717) is 28.2 Å². The van der Waals surface area contributed by atoms with Gasteiger partial charge in [-0.3, -0.25) is 0 Å². The van der Waals surface area contributed by atoms with Gasteiger partial charge in [-0.15, -0.1) is 5.10 Å².